The molecule has 3 heteroatoms. The Hall–Kier alpha value is -0.210. The largest absolute Gasteiger partial charge is 0.394 e. The van der Waals surface area contributed by atoms with Crippen LogP contribution in [0.25, 0.3) is 0 Å². The van der Waals surface area contributed by atoms with Gasteiger partial charge in [-0.1, -0.05) is 33.6 Å². The van der Waals surface area contributed by atoms with Crippen LogP contribution < -0.4 is 0 Å². The molecule has 0 aliphatic heterocycles. The van der Waals surface area contributed by atoms with Gasteiger partial charge in [0.1, 0.15) is 0 Å². The predicted molar refractivity (Wildman–Crippen MR) is 51.0 cm³/mol. The van der Waals surface area contributed by atoms with E-state index in [1.807, 2.05) is 20.8 Å². The van der Waals surface area contributed by atoms with E-state index in [9.17, 15) is 13.2 Å². The van der Waals surface area contributed by atoms with E-state index < -0.39 is 11.6 Å². The molecule has 14 heavy (non-hydrogen) atoms. The molecule has 0 unspecified atom stereocenters. The molecule has 1 aliphatic carbocycles. The first-order valence-electron chi connectivity index (χ1n) is 5.35. The van der Waals surface area contributed by atoms with Gasteiger partial charge in [-0.25, -0.2) is 0 Å². The lowest BCUT2D eigenvalue weighted by Gasteiger charge is -2.32. The molecule has 0 spiro atoms. The second kappa shape index (κ2) is 3.42. The monoisotopic (exact) mass is 208 g/mol. The summed E-state index contributed by atoms with van der Waals surface area (Å²) in [6.45, 7) is 5.94. The van der Waals surface area contributed by atoms with Gasteiger partial charge in [-0.15, -0.1) is 0 Å². The van der Waals surface area contributed by atoms with Crippen LogP contribution in [0.2, 0.25) is 0 Å². The van der Waals surface area contributed by atoms with Crippen molar-refractivity contribution in [2.24, 2.45) is 10.8 Å². The minimum atomic E-state index is -3.99. The maximum Gasteiger partial charge on any atom is 0.394 e. The molecule has 1 rings (SSSR count). The fourth-order valence-electron chi connectivity index (χ4n) is 2.03. The maximum atomic E-state index is 12.7. The number of hydrogen-bond donors (Lipinski definition) is 0. The van der Waals surface area contributed by atoms with Crippen LogP contribution in [0.3, 0.4) is 0 Å². The smallest absolute Gasteiger partial charge is 0.171 e. The maximum absolute atomic E-state index is 12.7. The molecule has 0 nitrogen and oxygen atoms in total. The second-order valence-electron chi connectivity index (χ2n) is 4.97. The first-order chi connectivity index (χ1) is 6.29. The highest BCUT2D eigenvalue weighted by Gasteiger charge is 2.64. The predicted octanol–water partition coefficient (Wildman–Crippen LogP) is 4.55. The summed E-state index contributed by atoms with van der Waals surface area (Å²) in [6.07, 6.45) is -1.32. The Kier molecular flexibility index (Phi) is 2.90. The molecular formula is C11H19F3. The molecule has 0 aromatic rings. The molecule has 0 radical (unpaired) electrons. The third kappa shape index (κ3) is 2.06. The van der Waals surface area contributed by atoms with E-state index in [2.05, 4.69) is 0 Å². The summed E-state index contributed by atoms with van der Waals surface area (Å²) in [5.74, 6) is 0. The summed E-state index contributed by atoms with van der Waals surface area (Å²) in [5, 5.41) is 0. The van der Waals surface area contributed by atoms with Gasteiger partial charge in [0.25, 0.3) is 0 Å². The van der Waals surface area contributed by atoms with Crippen LogP contribution in [0.4, 0.5) is 13.2 Å². The van der Waals surface area contributed by atoms with Crippen LogP contribution in [-0.4, -0.2) is 6.18 Å². The zero-order valence-electron chi connectivity index (χ0n) is 9.17. The van der Waals surface area contributed by atoms with Crippen molar-refractivity contribution in [1.29, 1.82) is 0 Å². The van der Waals surface area contributed by atoms with Crippen LogP contribution in [0.15, 0.2) is 0 Å². The molecule has 0 bridgehead atoms. The van der Waals surface area contributed by atoms with E-state index in [1.54, 1.807) is 0 Å². The van der Waals surface area contributed by atoms with Crippen molar-refractivity contribution in [2.75, 3.05) is 0 Å². The standard InChI is InChI=1S/C11H19F3/c1-4-9(3,5-2)8-10(6-7-10)11(12,13)14/h4-8H2,1-3H3. The molecule has 1 saturated carbocycles. The lowest BCUT2D eigenvalue weighted by molar-refractivity contribution is -0.196. The molecular weight excluding hydrogens is 189 g/mol. The van der Waals surface area contributed by atoms with E-state index in [4.69, 9.17) is 0 Å². The normalized spacial score (nSPS) is 21.0. The Morgan fingerprint density at radius 2 is 1.50 bits per heavy atom. The van der Waals surface area contributed by atoms with Gasteiger partial charge in [-0.05, 0) is 24.7 Å². The van der Waals surface area contributed by atoms with Gasteiger partial charge in [0.2, 0.25) is 0 Å². The highest BCUT2D eigenvalue weighted by molar-refractivity contribution is 5.02. The Balaban J connectivity index is 2.68. The van der Waals surface area contributed by atoms with Crippen LogP contribution in [-0.2, 0) is 0 Å². The summed E-state index contributed by atoms with van der Waals surface area (Å²) < 4.78 is 38.1. The first kappa shape index (κ1) is 11.9. The van der Waals surface area contributed by atoms with Crippen molar-refractivity contribution in [1.82, 2.24) is 0 Å². The van der Waals surface area contributed by atoms with Crippen molar-refractivity contribution in [2.45, 2.75) is 59.1 Å². The number of rotatable bonds is 4. The average molecular weight is 208 g/mol. The van der Waals surface area contributed by atoms with E-state index in [-0.39, 0.29) is 5.41 Å². The van der Waals surface area contributed by atoms with Crippen LogP contribution in [0.5, 0.6) is 0 Å². The molecule has 84 valence electrons. The molecule has 0 saturated heterocycles. The van der Waals surface area contributed by atoms with Gasteiger partial charge >= 0.3 is 6.18 Å². The zero-order chi connectivity index (χ0) is 11.0. The molecule has 0 heterocycles. The number of hydrogen-bond acceptors (Lipinski definition) is 0. The van der Waals surface area contributed by atoms with Gasteiger partial charge in [0.15, 0.2) is 0 Å². The Labute approximate surface area is 83.9 Å². The molecule has 0 N–H and O–H groups in total. The van der Waals surface area contributed by atoms with E-state index in [1.165, 1.54) is 0 Å². The molecule has 0 aromatic heterocycles. The van der Waals surface area contributed by atoms with E-state index >= 15 is 0 Å². The van der Waals surface area contributed by atoms with Crippen molar-refractivity contribution in [3.8, 4) is 0 Å². The van der Waals surface area contributed by atoms with Crippen molar-refractivity contribution in [3.05, 3.63) is 0 Å². The van der Waals surface area contributed by atoms with Gasteiger partial charge in [0.05, 0.1) is 5.41 Å². The summed E-state index contributed by atoms with van der Waals surface area (Å²) >= 11 is 0. The fraction of sp³-hybridized carbons (Fsp3) is 1.00. The SMILES string of the molecule is CCC(C)(CC)CC1(C(F)(F)F)CC1. The number of alkyl halides is 3. The molecule has 1 aliphatic rings. The van der Waals surface area contributed by atoms with Gasteiger partial charge < -0.3 is 0 Å². The minimum absolute atomic E-state index is 0.133. The van der Waals surface area contributed by atoms with Gasteiger partial charge in [-0.2, -0.15) is 13.2 Å². The van der Waals surface area contributed by atoms with Gasteiger partial charge in [0, 0.05) is 0 Å². The van der Waals surface area contributed by atoms with Crippen LogP contribution >= 0.6 is 0 Å². The molecule has 0 atom stereocenters. The highest BCUT2D eigenvalue weighted by Crippen LogP contribution is 2.63. The van der Waals surface area contributed by atoms with E-state index in [0.29, 0.717) is 19.3 Å². The summed E-state index contributed by atoms with van der Waals surface area (Å²) in [7, 11) is 0. The quantitative estimate of drug-likeness (QED) is 0.636. The summed E-state index contributed by atoms with van der Waals surface area (Å²) in [5.41, 5.74) is -1.46. The molecule has 0 aromatic carbocycles. The zero-order valence-corrected chi connectivity index (χ0v) is 9.17. The van der Waals surface area contributed by atoms with Crippen LogP contribution in [0.1, 0.15) is 52.9 Å². The third-order valence-electron chi connectivity index (χ3n) is 3.93. The van der Waals surface area contributed by atoms with Gasteiger partial charge in [-0.3, -0.25) is 0 Å². The average Bonchev–Trinajstić information content (AvgIpc) is 2.84. The molecule has 1 fully saturated rings. The Bertz CT molecular complexity index is 197. The third-order valence-corrected chi connectivity index (χ3v) is 3.93. The summed E-state index contributed by atoms with van der Waals surface area (Å²) in [6, 6.07) is 0. The first-order valence-corrected chi connectivity index (χ1v) is 5.35. The lowest BCUT2D eigenvalue weighted by Crippen LogP contribution is -2.31. The second-order valence-corrected chi connectivity index (χ2v) is 4.97. The van der Waals surface area contributed by atoms with Crippen molar-refractivity contribution in [3.63, 3.8) is 0 Å². The topological polar surface area (TPSA) is 0 Å². The van der Waals surface area contributed by atoms with E-state index in [0.717, 1.165) is 12.8 Å². The number of halogens is 3. The minimum Gasteiger partial charge on any atom is -0.171 e. The molecule has 0 amide bonds. The van der Waals surface area contributed by atoms with Crippen LogP contribution in [0, 0.1) is 10.8 Å². The van der Waals surface area contributed by atoms with Crippen molar-refractivity contribution < 1.29 is 13.2 Å². The summed E-state index contributed by atoms with van der Waals surface area (Å²) in [4.78, 5) is 0. The highest BCUT2D eigenvalue weighted by atomic mass is 19.4. The lowest BCUT2D eigenvalue weighted by atomic mass is 9.75. The Morgan fingerprint density at radius 3 is 1.71 bits per heavy atom. The fourth-order valence-corrected chi connectivity index (χ4v) is 2.03. The van der Waals surface area contributed by atoms with Crippen molar-refractivity contribution >= 4 is 0 Å². The Morgan fingerprint density at radius 1 is 1.07 bits per heavy atom.